The first-order valence-electron chi connectivity index (χ1n) is 9.26. The first kappa shape index (κ1) is 23.0. The molecule has 1 fully saturated rings. The highest BCUT2D eigenvalue weighted by Gasteiger charge is 2.27. The molecule has 1 amide bonds. The molecule has 1 aliphatic heterocycles. The molecule has 1 aromatic carbocycles. The van der Waals surface area contributed by atoms with Crippen molar-refractivity contribution in [1.82, 2.24) is 4.31 Å². The average molecular weight is 491 g/mol. The van der Waals surface area contributed by atoms with Gasteiger partial charge in [0.25, 0.3) is 15.9 Å². The number of piperidine rings is 1. The highest BCUT2D eigenvalue weighted by Crippen LogP contribution is 2.29. The van der Waals surface area contributed by atoms with Gasteiger partial charge in [0.1, 0.15) is 4.21 Å². The van der Waals surface area contributed by atoms with E-state index in [4.69, 9.17) is 27.9 Å². The van der Waals surface area contributed by atoms with Crippen LogP contribution in [0.4, 0.5) is 5.69 Å². The second-order valence-electron chi connectivity index (χ2n) is 6.67. The number of hydrogen-bond donors (Lipinski definition) is 1. The number of thiophene rings is 1. The maximum absolute atomic E-state index is 12.7. The maximum Gasteiger partial charge on any atom is 0.311 e. The quantitative estimate of drug-likeness (QED) is 0.592. The van der Waals surface area contributed by atoms with E-state index in [0.717, 1.165) is 30.6 Å². The Morgan fingerprint density at radius 3 is 2.57 bits per heavy atom. The van der Waals surface area contributed by atoms with Crippen molar-refractivity contribution >= 4 is 62.1 Å². The first-order chi connectivity index (χ1) is 14.3. The van der Waals surface area contributed by atoms with Gasteiger partial charge in [0.05, 0.1) is 22.2 Å². The molecule has 0 radical (unpaired) electrons. The SMILES string of the molecule is O=C(COC(=O)Cc1ccc(S(=O)(=O)N2CCCCC2)s1)Nc1cccc(Cl)c1Cl. The van der Waals surface area contributed by atoms with Crippen LogP contribution in [0.1, 0.15) is 24.1 Å². The minimum absolute atomic E-state index is 0.120. The minimum atomic E-state index is -3.53. The van der Waals surface area contributed by atoms with E-state index in [1.165, 1.54) is 10.4 Å². The van der Waals surface area contributed by atoms with Gasteiger partial charge < -0.3 is 10.1 Å². The summed E-state index contributed by atoms with van der Waals surface area (Å²) in [4.78, 5) is 24.6. The highest BCUT2D eigenvalue weighted by molar-refractivity contribution is 7.91. The number of rotatable bonds is 7. The average Bonchev–Trinajstić information content (AvgIpc) is 3.20. The van der Waals surface area contributed by atoms with E-state index in [1.807, 2.05) is 0 Å². The number of nitrogens with one attached hydrogen (secondary N) is 1. The molecule has 1 aromatic heterocycles. The molecule has 162 valence electrons. The molecule has 0 spiro atoms. The second kappa shape index (κ2) is 10.1. The molecule has 2 aromatic rings. The third-order valence-electron chi connectivity index (χ3n) is 4.45. The number of amides is 1. The van der Waals surface area contributed by atoms with E-state index < -0.39 is 28.5 Å². The molecule has 1 aliphatic rings. The number of sulfonamides is 1. The van der Waals surface area contributed by atoms with Crippen LogP contribution in [-0.2, 0) is 30.8 Å². The predicted octanol–water partition coefficient (Wildman–Crippen LogP) is 3.95. The number of ether oxygens (including phenoxy) is 1. The molecule has 11 heteroatoms. The van der Waals surface area contributed by atoms with Crippen LogP contribution in [0.15, 0.2) is 34.5 Å². The summed E-state index contributed by atoms with van der Waals surface area (Å²) < 4.78 is 32.0. The summed E-state index contributed by atoms with van der Waals surface area (Å²) in [6, 6.07) is 7.88. The van der Waals surface area contributed by atoms with Crippen LogP contribution in [0, 0.1) is 0 Å². The van der Waals surface area contributed by atoms with E-state index in [0.29, 0.717) is 28.7 Å². The highest BCUT2D eigenvalue weighted by atomic mass is 35.5. The lowest BCUT2D eigenvalue weighted by Crippen LogP contribution is -2.35. The summed E-state index contributed by atoms with van der Waals surface area (Å²) in [5.41, 5.74) is 0.316. The molecule has 7 nitrogen and oxygen atoms in total. The zero-order valence-corrected chi connectivity index (χ0v) is 19.0. The van der Waals surface area contributed by atoms with Crippen LogP contribution >= 0.6 is 34.5 Å². The predicted molar refractivity (Wildman–Crippen MR) is 117 cm³/mol. The van der Waals surface area contributed by atoms with Crippen molar-refractivity contribution in [3.8, 4) is 0 Å². The van der Waals surface area contributed by atoms with Crippen molar-refractivity contribution in [2.75, 3.05) is 25.0 Å². The number of esters is 1. The zero-order chi connectivity index (χ0) is 21.7. The van der Waals surface area contributed by atoms with Gasteiger partial charge in [0.15, 0.2) is 6.61 Å². The maximum atomic E-state index is 12.7. The van der Waals surface area contributed by atoms with E-state index in [9.17, 15) is 18.0 Å². The number of carbonyl (C=O) groups excluding carboxylic acids is 2. The molecule has 0 bridgehead atoms. The van der Waals surface area contributed by atoms with E-state index in [1.54, 1.807) is 24.3 Å². The Balaban J connectivity index is 1.52. The summed E-state index contributed by atoms with van der Waals surface area (Å²) in [6.45, 7) is 0.540. The van der Waals surface area contributed by atoms with Crippen LogP contribution in [0.3, 0.4) is 0 Å². The smallest absolute Gasteiger partial charge is 0.311 e. The third kappa shape index (κ3) is 5.73. The van der Waals surface area contributed by atoms with Gasteiger partial charge in [-0.3, -0.25) is 9.59 Å². The van der Waals surface area contributed by atoms with Crippen molar-refractivity contribution in [3.05, 3.63) is 45.3 Å². The fourth-order valence-corrected chi connectivity index (χ4v) is 6.31. The molecule has 3 rings (SSSR count). The zero-order valence-electron chi connectivity index (χ0n) is 15.9. The fraction of sp³-hybridized carbons (Fsp3) is 0.368. The van der Waals surface area contributed by atoms with Gasteiger partial charge in [-0.2, -0.15) is 4.31 Å². The van der Waals surface area contributed by atoms with E-state index in [-0.39, 0.29) is 15.7 Å². The van der Waals surface area contributed by atoms with Crippen LogP contribution in [-0.4, -0.2) is 44.3 Å². The van der Waals surface area contributed by atoms with Crippen molar-refractivity contribution in [2.45, 2.75) is 29.9 Å². The van der Waals surface area contributed by atoms with Crippen LogP contribution in [0.5, 0.6) is 0 Å². The normalized spacial score (nSPS) is 15.0. The van der Waals surface area contributed by atoms with E-state index >= 15 is 0 Å². The van der Waals surface area contributed by atoms with Crippen LogP contribution < -0.4 is 5.32 Å². The first-order valence-corrected chi connectivity index (χ1v) is 12.3. The molecule has 30 heavy (non-hydrogen) atoms. The number of hydrogen-bond acceptors (Lipinski definition) is 6. The summed E-state index contributed by atoms with van der Waals surface area (Å²) in [5.74, 6) is -1.20. The summed E-state index contributed by atoms with van der Waals surface area (Å²) in [5, 5.41) is 3.00. The summed E-state index contributed by atoms with van der Waals surface area (Å²) in [7, 11) is -3.53. The fourth-order valence-electron chi connectivity index (χ4n) is 2.95. The largest absolute Gasteiger partial charge is 0.455 e. The Hall–Kier alpha value is -1.65. The van der Waals surface area contributed by atoms with Crippen molar-refractivity contribution in [2.24, 2.45) is 0 Å². The van der Waals surface area contributed by atoms with Gasteiger partial charge in [-0.15, -0.1) is 11.3 Å². The molecule has 1 N–H and O–H groups in total. The van der Waals surface area contributed by atoms with Crippen molar-refractivity contribution < 1.29 is 22.7 Å². The molecule has 0 saturated carbocycles. The Morgan fingerprint density at radius 2 is 1.83 bits per heavy atom. The molecular weight excluding hydrogens is 471 g/mol. The molecule has 2 heterocycles. The lowest BCUT2D eigenvalue weighted by Gasteiger charge is -2.25. The van der Waals surface area contributed by atoms with Gasteiger partial charge in [-0.1, -0.05) is 35.7 Å². The minimum Gasteiger partial charge on any atom is -0.455 e. The molecule has 1 saturated heterocycles. The van der Waals surface area contributed by atoms with Gasteiger partial charge in [0, 0.05) is 18.0 Å². The lowest BCUT2D eigenvalue weighted by atomic mass is 10.2. The number of anilines is 1. The Labute approximate surface area is 189 Å². The van der Waals surface area contributed by atoms with Gasteiger partial charge in [-0.25, -0.2) is 8.42 Å². The molecule has 0 aliphatic carbocycles. The van der Waals surface area contributed by atoms with Crippen LogP contribution in [0.2, 0.25) is 10.0 Å². The molecule has 0 unspecified atom stereocenters. The number of benzene rings is 1. The lowest BCUT2D eigenvalue weighted by molar-refractivity contribution is -0.146. The van der Waals surface area contributed by atoms with Crippen molar-refractivity contribution in [3.63, 3.8) is 0 Å². The van der Waals surface area contributed by atoms with Crippen LogP contribution in [0.25, 0.3) is 0 Å². The Morgan fingerprint density at radius 1 is 1.10 bits per heavy atom. The Kier molecular flexibility index (Phi) is 7.75. The standard InChI is InChI=1S/C19H20Cl2N2O5S2/c20-14-5-4-6-15(19(14)21)22-16(24)12-28-17(25)11-13-7-8-18(29-13)30(26,27)23-9-2-1-3-10-23/h4-8H,1-3,9-12H2,(H,22,24). The van der Waals surface area contributed by atoms with E-state index in [2.05, 4.69) is 5.32 Å². The summed E-state index contributed by atoms with van der Waals surface area (Å²) >= 11 is 12.9. The Bertz CT molecular complexity index is 1030. The van der Waals surface area contributed by atoms with Gasteiger partial charge >= 0.3 is 5.97 Å². The monoisotopic (exact) mass is 490 g/mol. The number of nitrogens with zero attached hydrogens (tertiary/aromatic N) is 1. The molecular formula is C19H20Cl2N2O5S2. The van der Waals surface area contributed by atoms with Gasteiger partial charge in [0.2, 0.25) is 0 Å². The second-order valence-corrected chi connectivity index (χ2v) is 10.8. The topological polar surface area (TPSA) is 92.8 Å². The van der Waals surface area contributed by atoms with Crippen molar-refractivity contribution in [1.29, 1.82) is 0 Å². The third-order valence-corrected chi connectivity index (χ3v) is 8.72. The van der Waals surface area contributed by atoms with Gasteiger partial charge in [-0.05, 0) is 37.1 Å². The number of carbonyl (C=O) groups is 2. The summed E-state index contributed by atoms with van der Waals surface area (Å²) in [6.07, 6.45) is 2.62. The molecule has 0 atom stereocenters. The number of halogens is 2.